The fraction of sp³-hybridized carbons (Fsp3) is 0.375. The number of nitrogens with zero attached hydrogens (tertiary/aromatic N) is 1. The van der Waals surface area contributed by atoms with Crippen molar-refractivity contribution in [3.8, 4) is 0 Å². The molecule has 11 heavy (non-hydrogen) atoms. The second-order valence-electron chi connectivity index (χ2n) is 2.01. The first kappa shape index (κ1) is 10.0. The standard InChI is InChI=1S/C8H11F2N/c1-4-7(8(9)10)5-6(2)11-3/h4-5,8H,1H2,2-3H3/b7-5+,11-6?. The molecule has 0 saturated heterocycles. The zero-order valence-electron chi connectivity index (χ0n) is 6.64. The molecule has 0 aliphatic carbocycles. The van der Waals surface area contributed by atoms with E-state index in [1.165, 1.54) is 6.08 Å². The van der Waals surface area contributed by atoms with E-state index in [0.29, 0.717) is 5.71 Å². The minimum Gasteiger partial charge on any atom is -0.293 e. The van der Waals surface area contributed by atoms with E-state index in [0.717, 1.165) is 6.08 Å². The lowest BCUT2D eigenvalue weighted by atomic mass is 10.2. The number of hydrogen-bond donors (Lipinski definition) is 0. The highest BCUT2D eigenvalue weighted by Gasteiger charge is 2.05. The third-order valence-electron chi connectivity index (χ3n) is 1.22. The molecule has 0 fully saturated rings. The second-order valence-corrected chi connectivity index (χ2v) is 2.01. The van der Waals surface area contributed by atoms with E-state index in [1.54, 1.807) is 14.0 Å². The van der Waals surface area contributed by atoms with Crippen LogP contribution < -0.4 is 0 Å². The third-order valence-corrected chi connectivity index (χ3v) is 1.22. The number of halogens is 2. The van der Waals surface area contributed by atoms with Crippen LogP contribution in [0.15, 0.2) is 29.3 Å². The van der Waals surface area contributed by atoms with Gasteiger partial charge in [-0.05, 0) is 13.0 Å². The summed E-state index contributed by atoms with van der Waals surface area (Å²) in [6, 6.07) is 0. The molecule has 0 bridgehead atoms. The Morgan fingerprint density at radius 1 is 1.55 bits per heavy atom. The van der Waals surface area contributed by atoms with Gasteiger partial charge in [-0.15, -0.1) is 0 Å². The molecule has 0 aromatic rings. The molecule has 0 aromatic carbocycles. The highest BCUT2D eigenvalue weighted by molar-refractivity contribution is 5.93. The minimum absolute atomic E-state index is 0.0897. The molecule has 0 unspecified atom stereocenters. The summed E-state index contributed by atoms with van der Waals surface area (Å²) >= 11 is 0. The highest BCUT2D eigenvalue weighted by atomic mass is 19.3. The summed E-state index contributed by atoms with van der Waals surface area (Å²) < 4.78 is 24.0. The summed E-state index contributed by atoms with van der Waals surface area (Å²) in [5.74, 6) is 0. The van der Waals surface area contributed by atoms with Crippen molar-refractivity contribution in [3.63, 3.8) is 0 Å². The van der Waals surface area contributed by atoms with Crippen LogP contribution in [0.25, 0.3) is 0 Å². The van der Waals surface area contributed by atoms with Crippen LogP contribution in [0.2, 0.25) is 0 Å². The van der Waals surface area contributed by atoms with E-state index in [-0.39, 0.29) is 5.57 Å². The van der Waals surface area contributed by atoms with E-state index < -0.39 is 6.43 Å². The molecule has 0 aliphatic heterocycles. The van der Waals surface area contributed by atoms with E-state index in [9.17, 15) is 8.78 Å². The molecule has 0 rings (SSSR count). The van der Waals surface area contributed by atoms with Crippen molar-refractivity contribution in [2.75, 3.05) is 7.05 Å². The van der Waals surface area contributed by atoms with Crippen molar-refractivity contribution < 1.29 is 8.78 Å². The Balaban J connectivity index is 4.48. The molecule has 0 heterocycles. The summed E-state index contributed by atoms with van der Waals surface area (Å²) in [6.07, 6.45) is -0.0130. The summed E-state index contributed by atoms with van der Waals surface area (Å²) in [7, 11) is 1.55. The Morgan fingerprint density at radius 2 is 2.09 bits per heavy atom. The van der Waals surface area contributed by atoms with Gasteiger partial charge >= 0.3 is 0 Å². The molecular weight excluding hydrogens is 148 g/mol. The monoisotopic (exact) mass is 159 g/mol. The molecule has 0 N–H and O–H groups in total. The predicted molar refractivity (Wildman–Crippen MR) is 43.3 cm³/mol. The topological polar surface area (TPSA) is 12.4 Å². The van der Waals surface area contributed by atoms with Gasteiger partial charge in [0.25, 0.3) is 6.43 Å². The lowest BCUT2D eigenvalue weighted by molar-refractivity contribution is 0.194. The summed E-state index contributed by atoms with van der Waals surface area (Å²) in [5.41, 5.74) is 0.480. The van der Waals surface area contributed by atoms with Crippen LogP contribution in [-0.2, 0) is 0 Å². The fourth-order valence-electron chi connectivity index (χ4n) is 0.517. The number of rotatable bonds is 3. The van der Waals surface area contributed by atoms with Gasteiger partial charge < -0.3 is 0 Å². The summed E-state index contributed by atoms with van der Waals surface area (Å²) in [4.78, 5) is 3.72. The third kappa shape index (κ3) is 3.65. The first-order valence-electron chi connectivity index (χ1n) is 3.17. The molecule has 0 radical (unpaired) electrons. The Kier molecular flexibility index (Phi) is 4.34. The summed E-state index contributed by atoms with van der Waals surface area (Å²) in [6.45, 7) is 4.92. The zero-order chi connectivity index (χ0) is 8.85. The SMILES string of the molecule is C=C/C(=C\C(C)=NC)C(F)F. The van der Waals surface area contributed by atoms with E-state index in [2.05, 4.69) is 11.6 Å². The van der Waals surface area contributed by atoms with Crippen LogP contribution in [0.5, 0.6) is 0 Å². The van der Waals surface area contributed by atoms with Gasteiger partial charge in [-0.3, -0.25) is 4.99 Å². The molecular formula is C8H11F2N. The normalized spacial score (nSPS) is 13.9. The Labute approximate surface area is 65.1 Å². The molecule has 0 spiro atoms. The van der Waals surface area contributed by atoms with Crippen LogP contribution in [-0.4, -0.2) is 19.2 Å². The second kappa shape index (κ2) is 4.77. The minimum atomic E-state index is -2.47. The van der Waals surface area contributed by atoms with Crippen molar-refractivity contribution in [1.29, 1.82) is 0 Å². The molecule has 0 saturated carbocycles. The van der Waals surface area contributed by atoms with Crippen LogP contribution in [0.4, 0.5) is 8.78 Å². The maximum atomic E-state index is 12.0. The first-order valence-corrected chi connectivity index (χ1v) is 3.17. The number of allylic oxidation sites excluding steroid dienone is 3. The van der Waals surface area contributed by atoms with Crippen molar-refractivity contribution in [2.45, 2.75) is 13.3 Å². The van der Waals surface area contributed by atoms with Gasteiger partial charge in [0.05, 0.1) is 0 Å². The van der Waals surface area contributed by atoms with Gasteiger partial charge in [-0.2, -0.15) is 0 Å². The number of aliphatic imine (C=N–C) groups is 1. The lowest BCUT2D eigenvalue weighted by Gasteiger charge is -1.98. The Morgan fingerprint density at radius 3 is 2.36 bits per heavy atom. The zero-order valence-corrected chi connectivity index (χ0v) is 6.64. The molecule has 3 heteroatoms. The molecule has 0 amide bonds. The van der Waals surface area contributed by atoms with Crippen molar-refractivity contribution >= 4 is 5.71 Å². The van der Waals surface area contributed by atoms with E-state index in [4.69, 9.17) is 0 Å². The lowest BCUT2D eigenvalue weighted by Crippen LogP contribution is -1.96. The van der Waals surface area contributed by atoms with Crippen LogP contribution in [0, 0.1) is 0 Å². The average Bonchev–Trinajstić information content (AvgIpc) is 1.99. The Hall–Kier alpha value is -0.990. The van der Waals surface area contributed by atoms with E-state index in [1.807, 2.05) is 0 Å². The van der Waals surface area contributed by atoms with Gasteiger partial charge in [0.1, 0.15) is 0 Å². The fourth-order valence-corrected chi connectivity index (χ4v) is 0.517. The predicted octanol–water partition coefficient (Wildman–Crippen LogP) is 2.45. The van der Waals surface area contributed by atoms with Crippen LogP contribution >= 0.6 is 0 Å². The largest absolute Gasteiger partial charge is 0.293 e. The smallest absolute Gasteiger partial charge is 0.263 e. The van der Waals surface area contributed by atoms with Crippen LogP contribution in [0.1, 0.15) is 6.92 Å². The molecule has 0 atom stereocenters. The van der Waals surface area contributed by atoms with Gasteiger partial charge in [-0.1, -0.05) is 12.7 Å². The molecule has 62 valence electrons. The number of alkyl halides is 2. The highest BCUT2D eigenvalue weighted by Crippen LogP contribution is 2.08. The quantitative estimate of drug-likeness (QED) is 0.443. The number of hydrogen-bond acceptors (Lipinski definition) is 1. The average molecular weight is 159 g/mol. The van der Waals surface area contributed by atoms with Gasteiger partial charge in [-0.25, -0.2) is 8.78 Å². The first-order chi connectivity index (χ1) is 5.11. The van der Waals surface area contributed by atoms with Crippen molar-refractivity contribution in [2.24, 2.45) is 4.99 Å². The molecule has 0 aliphatic rings. The summed E-state index contributed by atoms with van der Waals surface area (Å²) in [5, 5.41) is 0. The van der Waals surface area contributed by atoms with Gasteiger partial charge in [0.2, 0.25) is 0 Å². The van der Waals surface area contributed by atoms with Crippen molar-refractivity contribution in [3.05, 3.63) is 24.3 Å². The molecule has 0 aromatic heterocycles. The van der Waals surface area contributed by atoms with Gasteiger partial charge in [0.15, 0.2) is 0 Å². The van der Waals surface area contributed by atoms with Crippen molar-refractivity contribution in [1.82, 2.24) is 0 Å². The van der Waals surface area contributed by atoms with Crippen LogP contribution in [0.3, 0.4) is 0 Å². The molecule has 1 nitrogen and oxygen atoms in total. The van der Waals surface area contributed by atoms with E-state index >= 15 is 0 Å². The maximum Gasteiger partial charge on any atom is 0.263 e. The Bertz CT molecular complexity index is 192. The van der Waals surface area contributed by atoms with Gasteiger partial charge in [0, 0.05) is 18.3 Å². The maximum absolute atomic E-state index is 12.0.